The van der Waals surface area contributed by atoms with Crippen molar-refractivity contribution in [3.8, 4) is 28.7 Å². The van der Waals surface area contributed by atoms with E-state index in [1.54, 1.807) is 19.2 Å². The Bertz CT molecular complexity index is 1490. The fourth-order valence-electron chi connectivity index (χ4n) is 4.75. The van der Waals surface area contributed by atoms with Crippen molar-refractivity contribution in [1.82, 2.24) is 14.9 Å². The van der Waals surface area contributed by atoms with Crippen molar-refractivity contribution < 1.29 is 28.5 Å². The number of ether oxygens (including phenoxy) is 5. The smallest absolute Gasteiger partial charge is 0.252 e. The Morgan fingerprint density at radius 2 is 1.66 bits per heavy atom. The minimum absolute atomic E-state index is 0.286. The van der Waals surface area contributed by atoms with Crippen molar-refractivity contribution >= 4 is 16.9 Å². The maximum absolute atomic E-state index is 13.3. The van der Waals surface area contributed by atoms with Gasteiger partial charge in [0.15, 0.2) is 23.0 Å². The fourth-order valence-corrected chi connectivity index (χ4v) is 4.75. The van der Waals surface area contributed by atoms with E-state index in [4.69, 9.17) is 28.7 Å². The third kappa shape index (κ3) is 6.57. The molecule has 0 aliphatic heterocycles. The first kappa shape index (κ1) is 29.3. The van der Waals surface area contributed by atoms with Gasteiger partial charge in [-0.25, -0.2) is 4.98 Å². The topological polar surface area (TPSA) is 93.1 Å². The summed E-state index contributed by atoms with van der Waals surface area (Å²) in [6, 6.07) is 16.7. The maximum Gasteiger partial charge on any atom is 0.252 e. The summed E-state index contributed by atoms with van der Waals surface area (Å²) in [5.41, 5.74) is 3.34. The molecule has 0 saturated heterocycles. The highest BCUT2D eigenvalue weighted by Gasteiger charge is 2.22. The Labute approximate surface area is 240 Å². The van der Waals surface area contributed by atoms with Crippen LogP contribution in [-0.4, -0.2) is 50.5 Å². The van der Waals surface area contributed by atoms with Gasteiger partial charge in [0.25, 0.3) is 5.91 Å². The summed E-state index contributed by atoms with van der Waals surface area (Å²) < 4.78 is 29.9. The predicted molar refractivity (Wildman–Crippen MR) is 159 cm³/mol. The molecule has 41 heavy (non-hydrogen) atoms. The van der Waals surface area contributed by atoms with Gasteiger partial charge in [0, 0.05) is 12.1 Å². The van der Waals surface area contributed by atoms with Crippen molar-refractivity contribution in [2.75, 3.05) is 35.0 Å². The zero-order valence-electron chi connectivity index (χ0n) is 24.2. The van der Waals surface area contributed by atoms with E-state index < -0.39 is 0 Å². The number of rotatable bonds is 14. The van der Waals surface area contributed by atoms with E-state index in [0.29, 0.717) is 47.5 Å². The SMILES string of the molecule is C=CCc1ccc(OCCCn2c(C(C)NC(=O)c3cc(OC)c(OC)c(OC)c3)nc3ccccc32)c(OC)c1. The molecule has 1 atom stereocenters. The summed E-state index contributed by atoms with van der Waals surface area (Å²) in [7, 11) is 6.19. The number of carbonyl (C=O) groups excluding carboxylic acids is 1. The number of allylic oxidation sites excluding steroid dienone is 1. The Balaban J connectivity index is 1.50. The number of benzene rings is 3. The first-order valence-corrected chi connectivity index (χ1v) is 13.4. The molecular formula is C32H37N3O6. The van der Waals surface area contributed by atoms with Gasteiger partial charge in [-0.15, -0.1) is 6.58 Å². The molecule has 3 aromatic carbocycles. The maximum atomic E-state index is 13.3. The molecule has 1 aromatic heterocycles. The fraction of sp³-hybridized carbons (Fsp3) is 0.312. The molecule has 4 aromatic rings. The number of nitrogens with one attached hydrogen (secondary N) is 1. The second-order valence-electron chi connectivity index (χ2n) is 9.40. The lowest BCUT2D eigenvalue weighted by Crippen LogP contribution is -2.29. The van der Waals surface area contributed by atoms with Gasteiger partial charge < -0.3 is 33.6 Å². The molecule has 0 radical (unpaired) electrons. The monoisotopic (exact) mass is 559 g/mol. The summed E-state index contributed by atoms with van der Waals surface area (Å²) in [5, 5.41) is 3.07. The first-order chi connectivity index (χ1) is 19.9. The normalized spacial score (nSPS) is 11.5. The van der Waals surface area contributed by atoms with Crippen LogP contribution >= 0.6 is 0 Å². The Hall–Kier alpha value is -4.66. The van der Waals surface area contributed by atoms with Gasteiger partial charge >= 0.3 is 0 Å². The molecule has 1 N–H and O–H groups in total. The lowest BCUT2D eigenvalue weighted by Gasteiger charge is -2.18. The molecular weight excluding hydrogens is 522 g/mol. The number of hydrogen-bond donors (Lipinski definition) is 1. The van der Waals surface area contributed by atoms with Gasteiger partial charge in [0.05, 0.1) is 52.1 Å². The van der Waals surface area contributed by atoms with E-state index in [1.807, 2.05) is 55.5 Å². The molecule has 9 heteroatoms. The highest BCUT2D eigenvalue weighted by Crippen LogP contribution is 2.38. The van der Waals surface area contributed by atoms with Crippen LogP contribution in [-0.2, 0) is 13.0 Å². The molecule has 1 unspecified atom stereocenters. The van der Waals surface area contributed by atoms with Crippen molar-refractivity contribution in [1.29, 1.82) is 0 Å². The number of hydrogen-bond acceptors (Lipinski definition) is 7. The number of para-hydroxylation sites is 2. The summed E-state index contributed by atoms with van der Waals surface area (Å²) in [6.45, 7) is 6.84. The van der Waals surface area contributed by atoms with Gasteiger partial charge in [0.2, 0.25) is 5.75 Å². The second kappa shape index (κ2) is 13.6. The average Bonchev–Trinajstić information content (AvgIpc) is 3.37. The first-order valence-electron chi connectivity index (χ1n) is 13.4. The zero-order valence-corrected chi connectivity index (χ0v) is 24.2. The summed E-state index contributed by atoms with van der Waals surface area (Å²) in [5.74, 6) is 3.09. The van der Waals surface area contributed by atoms with Crippen LogP contribution in [0, 0.1) is 0 Å². The van der Waals surface area contributed by atoms with E-state index in [9.17, 15) is 4.79 Å². The molecule has 216 valence electrons. The number of amides is 1. The van der Waals surface area contributed by atoms with Crippen LogP contribution in [0.2, 0.25) is 0 Å². The lowest BCUT2D eigenvalue weighted by atomic mass is 10.1. The number of carbonyl (C=O) groups is 1. The average molecular weight is 560 g/mol. The third-order valence-corrected chi connectivity index (χ3v) is 6.74. The van der Waals surface area contributed by atoms with E-state index in [-0.39, 0.29) is 11.9 Å². The van der Waals surface area contributed by atoms with Gasteiger partial charge in [0.1, 0.15) is 5.82 Å². The largest absolute Gasteiger partial charge is 0.493 e. The van der Waals surface area contributed by atoms with E-state index in [2.05, 4.69) is 16.5 Å². The number of fused-ring (bicyclic) bond motifs is 1. The molecule has 0 fully saturated rings. The molecule has 0 spiro atoms. The highest BCUT2D eigenvalue weighted by atomic mass is 16.5. The molecule has 1 heterocycles. The van der Waals surface area contributed by atoms with Crippen LogP contribution < -0.4 is 29.0 Å². The lowest BCUT2D eigenvalue weighted by molar-refractivity contribution is 0.0936. The van der Waals surface area contributed by atoms with Gasteiger partial charge in [-0.1, -0.05) is 24.3 Å². The summed E-state index contributed by atoms with van der Waals surface area (Å²) in [6.07, 6.45) is 3.34. The van der Waals surface area contributed by atoms with Crippen LogP contribution in [0.25, 0.3) is 11.0 Å². The van der Waals surface area contributed by atoms with Crippen molar-refractivity contribution in [3.63, 3.8) is 0 Å². The van der Waals surface area contributed by atoms with E-state index in [1.165, 1.54) is 21.3 Å². The third-order valence-electron chi connectivity index (χ3n) is 6.74. The Kier molecular flexibility index (Phi) is 9.73. The molecule has 9 nitrogen and oxygen atoms in total. The number of aryl methyl sites for hydroxylation is 1. The molecule has 0 aliphatic rings. The van der Waals surface area contributed by atoms with Crippen LogP contribution in [0.4, 0.5) is 0 Å². The number of methoxy groups -OCH3 is 4. The Morgan fingerprint density at radius 3 is 2.32 bits per heavy atom. The standard InChI is InChI=1S/C32H37N3O6/c1-7-11-22-14-15-26(27(18-22)37-3)41-17-10-16-35-25-13-9-8-12-24(25)34-31(35)21(2)33-32(36)23-19-28(38-4)30(40-6)29(20-23)39-5/h7-9,12-15,18-21H,1,10-11,16-17H2,2-6H3,(H,33,36). The molecule has 1 amide bonds. The predicted octanol–water partition coefficient (Wildman–Crippen LogP) is 5.76. The van der Waals surface area contributed by atoms with Crippen molar-refractivity contribution in [3.05, 3.63) is 84.2 Å². The van der Waals surface area contributed by atoms with Crippen LogP contribution in [0.5, 0.6) is 28.7 Å². The quantitative estimate of drug-likeness (QED) is 0.155. The number of imidazole rings is 1. The van der Waals surface area contributed by atoms with Crippen LogP contribution in [0.1, 0.15) is 41.1 Å². The summed E-state index contributed by atoms with van der Waals surface area (Å²) in [4.78, 5) is 18.2. The van der Waals surface area contributed by atoms with Crippen LogP contribution in [0.3, 0.4) is 0 Å². The molecule has 0 bridgehead atoms. The van der Waals surface area contributed by atoms with E-state index in [0.717, 1.165) is 35.3 Å². The minimum atomic E-state index is -0.382. The van der Waals surface area contributed by atoms with Crippen molar-refractivity contribution in [2.45, 2.75) is 32.4 Å². The number of aromatic nitrogens is 2. The zero-order chi connectivity index (χ0) is 29.4. The van der Waals surface area contributed by atoms with Gasteiger partial charge in [-0.2, -0.15) is 0 Å². The molecule has 0 saturated carbocycles. The van der Waals surface area contributed by atoms with Gasteiger partial charge in [-0.05, 0) is 61.7 Å². The number of nitrogens with zero attached hydrogens (tertiary/aromatic N) is 2. The van der Waals surface area contributed by atoms with Crippen molar-refractivity contribution in [2.24, 2.45) is 0 Å². The van der Waals surface area contributed by atoms with Crippen LogP contribution in [0.15, 0.2) is 67.3 Å². The summed E-state index contributed by atoms with van der Waals surface area (Å²) >= 11 is 0. The second-order valence-corrected chi connectivity index (χ2v) is 9.40. The van der Waals surface area contributed by atoms with E-state index >= 15 is 0 Å². The molecule has 4 rings (SSSR count). The highest BCUT2D eigenvalue weighted by molar-refractivity contribution is 5.96. The molecule has 0 aliphatic carbocycles. The van der Waals surface area contributed by atoms with Gasteiger partial charge in [-0.3, -0.25) is 4.79 Å². The minimum Gasteiger partial charge on any atom is -0.493 e. The Morgan fingerprint density at radius 1 is 0.951 bits per heavy atom.